The summed E-state index contributed by atoms with van der Waals surface area (Å²) in [6, 6.07) is 3.76. The number of aromatic nitrogens is 4. The number of nitriles is 1. The Bertz CT molecular complexity index is 622. The molecule has 0 bridgehead atoms. The first-order chi connectivity index (χ1) is 8.69. The minimum absolute atomic E-state index is 0.247. The van der Waals surface area contributed by atoms with Crippen molar-refractivity contribution in [1.29, 1.82) is 5.26 Å². The van der Waals surface area contributed by atoms with E-state index < -0.39 is 0 Å². The molecule has 6 nitrogen and oxygen atoms in total. The van der Waals surface area contributed by atoms with Gasteiger partial charge in [0.15, 0.2) is 6.29 Å². The maximum absolute atomic E-state index is 11.1. The molecule has 2 rings (SSSR count). The van der Waals surface area contributed by atoms with Gasteiger partial charge in [-0.1, -0.05) is 11.6 Å². The maximum atomic E-state index is 11.1. The minimum Gasteiger partial charge on any atom is -0.298 e. The summed E-state index contributed by atoms with van der Waals surface area (Å²) in [6.45, 7) is 0.355. The number of nitrogens with zero attached hydrogens (tertiary/aromatic N) is 5. The molecule has 0 radical (unpaired) electrons. The summed E-state index contributed by atoms with van der Waals surface area (Å²) in [5.74, 6) is 0. The van der Waals surface area contributed by atoms with Crippen LogP contribution in [0.15, 0.2) is 12.3 Å². The fourth-order valence-corrected chi connectivity index (χ4v) is 1.92. The predicted molar refractivity (Wildman–Crippen MR) is 65.1 cm³/mol. The predicted octanol–water partition coefficient (Wildman–Crippen LogP) is 1.66. The second-order valence-electron chi connectivity index (χ2n) is 3.64. The monoisotopic (exact) mass is 263 g/mol. The van der Waals surface area contributed by atoms with Crippen LogP contribution in [0.5, 0.6) is 0 Å². The lowest BCUT2D eigenvalue weighted by atomic mass is 10.2. The van der Waals surface area contributed by atoms with Crippen molar-refractivity contribution in [1.82, 2.24) is 19.6 Å². The fraction of sp³-hybridized carbons (Fsp3) is 0.273. The second kappa shape index (κ2) is 5.02. The molecule has 0 aliphatic rings. The molecule has 0 aliphatic heterocycles. The topological polar surface area (TPSA) is 76.5 Å². The van der Waals surface area contributed by atoms with Crippen molar-refractivity contribution < 1.29 is 4.79 Å². The van der Waals surface area contributed by atoms with Gasteiger partial charge in [0.1, 0.15) is 10.8 Å². The van der Waals surface area contributed by atoms with Gasteiger partial charge < -0.3 is 0 Å². The quantitative estimate of drug-likeness (QED) is 0.786. The van der Waals surface area contributed by atoms with Gasteiger partial charge in [-0.2, -0.15) is 15.5 Å². The van der Waals surface area contributed by atoms with E-state index in [0.29, 0.717) is 29.8 Å². The van der Waals surface area contributed by atoms with E-state index in [2.05, 4.69) is 10.2 Å². The zero-order chi connectivity index (χ0) is 13.1. The molecule has 0 saturated heterocycles. The van der Waals surface area contributed by atoms with Gasteiger partial charge in [0, 0.05) is 13.2 Å². The van der Waals surface area contributed by atoms with Gasteiger partial charge in [-0.25, -0.2) is 0 Å². The lowest BCUT2D eigenvalue weighted by Crippen LogP contribution is -2.00. The molecule has 0 saturated carbocycles. The molecule has 92 valence electrons. The van der Waals surface area contributed by atoms with E-state index in [4.69, 9.17) is 16.9 Å². The van der Waals surface area contributed by atoms with E-state index >= 15 is 0 Å². The van der Waals surface area contributed by atoms with Gasteiger partial charge in [0.2, 0.25) is 0 Å². The fourth-order valence-electron chi connectivity index (χ4n) is 1.66. The molecule has 0 aliphatic carbocycles. The summed E-state index contributed by atoms with van der Waals surface area (Å²) in [4.78, 5) is 11.1. The van der Waals surface area contributed by atoms with E-state index in [1.807, 2.05) is 6.07 Å². The number of carbonyl (C=O) groups excluding carboxylic acids is 1. The molecular formula is C11H10ClN5O. The van der Waals surface area contributed by atoms with Crippen molar-refractivity contribution >= 4 is 17.9 Å². The summed E-state index contributed by atoms with van der Waals surface area (Å²) in [5.41, 5.74) is 1.50. The van der Waals surface area contributed by atoms with Crippen molar-refractivity contribution in [3.63, 3.8) is 0 Å². The number of hydrogen-bond acceptors (Lipinski definition) is 4. The Kier molecular flexibility index (Phi) is 3.44. The van der Waals surface area contributed by atoms with Crippen LogP contribution in [0.25, 0.3) is 11.4 Å². The number of rotatable bonds is 4. The van der Waals surface area contributed by atoms with Crippen LogP contribution in [0.3, 0.4) is 0 Å². The van der Waals surface area contributed by atoms with E-state index in [1.54, 1.807) is 24.0 Å². The van der Waals surface area contributed by atoms with Crippen molar-refractivity contribution in [2.45, 2.75) is 13.0 Å². The highest BCUT2D eigenvalue weighted by Crippen LogP contribution is 2.26. The van der Waals surface area contributed by atoms with Gasteiger partial charge in [0.05, 0.1) is 30.3 Å². The molecule has 0 fully saturated rings. The Morgan fingerprint density at radius 2 is 2.39 bits per heavy atom. The molecule has 7 heteroatoms. The third kappa shape index (κ3) is 2.00. The highest BCUT2D eigenvalue weighted by molar-refractivity contribution is 6.32. The largest absolute Gasteiger partial charge is 0.298 e. The van der Waals surface area contributed by atoms with Gasteiger partial charge in [-0.05, 0) is 6.07 Å². The first-order valence-corrected chi connectivity index (χ1v) is 5.63. The van der Waals surface area contributed by atoms with Crippen LogP contribution in [0, 0.1) is 11.3 Å². The third-order valence-corrected chi connectivity index (χ3v) is 2.94. The molecular weight excluding hydrogens is 254 g/mol. The molecule has 0 unspecified atom stereocenters. The molecule has 0 spiro atoms. The summed E-state index contributed by atoms with van der Waals surface area (Å²) < 4.78 is 3.07. The van der Waals surface area contributed by atoms with E-state index in [1.165, 1.54) is 4.68 Å². The van der Waals surface area contributed by atoms with Crippen LogP contribution < -0.4 is 0 Å². The number of hydrogen-bond donors (Lipinski definition) is 0. The van der Waals surface area contributed by atoms with Crippen LogP contribution in [0.2, 0.25) is 5.15 Å². The third-order valence-electron chi connectivity index (χ3n) is 2.54. The number of halogens is 1. The molecule has 18 heavy (non-hydrogen) atoms. The van der Waals surface area contributed by atoms with E-state index in [-0.39, 0.29) is 11.6 Å². The number of aryl methyl sites for hydroxylation is 2. The smallest absolute Gasteiger partial charge is 0.155 e. The summed E-state index contributed by atoms with van der Waals surface area (Å²) in [6.07, 6.45) is 2.57. The van der Waals surface area contributed by atoms with Gasteiger partial charge in [-0.15, -0.1) is 0 Å². The zero-order valence-corrected chi connectivity index (χ0v) is 10.4. The van der Waals surface area contributed by atoms with Crippen LogP contribution in [0.1, 0.15) is 16.8 Å². The van der Waals surface area contributed by atoms with Gasteiger partial charge >= 0.3 is 0 Å². The molecule has 2 aromatic heterocycles. The summed E-state index contributed by atoms with van der Waals surface area (Å²) >= 11 is 6.06. The molecule has 0 N–H and O–H groups in total. The van der Waals surface area contributed by atoms with E-state index in [9.17, 15) is 4.79 Å². The number of aldehydes is 1. The lowest BCUT2D eigenvalue weighted by molar-refractivity contribution is 0.112. The highest BCUT2D eigenvalue weighted by Gasteiger charge is 2.19. The first-order valence-electron chi connectivity index (χ1n) is 5.25. The standard InChI is InChI=1S/C11H10ClN5O/c1-16-9(3-5-14-16)10-8(7-18)11(12)17(15-10)6-2-4-13/h3,5,7H,2,6H2,1H3. The van der Waals surface area contributed by atoms with E-state index in [0.717, 1.165) is 0 Å². The van der Waals surface area contributed by atoms with Gasteiger partial charge in [-0.3, -0.25) is 14.2 Å². The SMILES string of the molecule is Cn1nccc1-c1nn(CCC#N)c(Cl)c1C=O. The molecule has 2 aromatic rings. The van der Waals surface area contributed by atoms with Gasteiger partial charge in [0.25, 0.3) is 0 Å². The lowest BCUT2D eigenvalue weighted by Gasteiger charge is -1.98. The highest BCUT2D eigenvalue weighted by atomic mass is 35.5. The van der Waals surface area contributed by atoms with Crippen molar-refractivity contribution in [2.24, 2.45) is 7.05 Å². The van der Waals surface area contributed by atoms with Crippen LogP contribution >= 0.6 is 11.6 Å². The minimum atomic E-state index is 0.247. The van der Waals surface area contributed by atoms with Crippen molar-refractivity contribution in [3.05, 3.63) is 23.0 Å². The normalized spacial score (nSPS) is 10.3. The first kappa shape index (κ1) is 12.3. The maximum Gasteiger partial charge on any atom is 0.155 e. The molecule has 0 amide bonds. The van der Waals surface area contributed by atoms with Crippen LogP contribution in [0.4, 0.5) is 0 Å². The van der Waals surface area contributed by atoms with Crippen molar-refractivity contribution in [3.8, 4) is 17.5 Å². The average Bonchev–Trinajstić information content (AvgIpc) is 2.90. The summed E-state index contributed by atoms with van der Waals surface area (Å²) in [5, 5.41) is 17.1. The molecule has 0 aromatic carbocycles. The Hall–Kier alpha value is -2.13. The Labute approximate surface area is 108 Å². The van der Waals surface area contributed by atoms with Crippen LogP contribution in [-0.2, 0) is 13.6 Å². The zero-order valence-electron chi connectivity index (χ0n) is 9.67. The second-order valence-corrected chi connectivity index (χ2v) is 4.00. The number of carbonyl (C=O) groups is 1. The van der Waals surface area contributed by atoms with Crippen LogP contribution in [-0.4, -0.2) is 25.8 Å². The Morgan fingerprint density at radius 3 is 2.94 bits per heavy atom. The molecule has 0 atom stereocenters. The average molecular weight is 264 g/mol. The Morgan fingerprint density at radius 1 is 1.61 bits per heavy atom. The van der Waals surface area contributed by atoms with Crippen molar-refractivity contribution in [2.75, 3.05) is 0 Å². The molecule has 2 heterocycles. The summed E-state index contributed by atoms with van der Waals surface area (Å²) in [7, 11) is 1.76. The Balaban J connectivity index is 2.51.